The Morgan fingerprint density at radius 3 is 2.10 bits per heavy atom. The molecule has 0 aliphatic heterocycles. The molecule has 5 heteroatoms. The van der Waals surface area contributed by atoms with Gasteiger partial charge >= 0.3 is 0 Å². The summed E-state index contributed by atoms with van der Waals surface area (Å²) < 4.78 is 4.54. The van der Waals surface area contributed by atoms with Crippen LogP contribution >= 0.6 is 0 Å². The Balaban J connectivity index is 0. The minimum Gasteiger partial charge on any atom is -0.385 e. The lowest BCUT2D eigenvalue weighted by Gasteiger charge is -1.76. The number of carbonyl (C=O) groups is 1. The highest BCUT2D eigenvalue weighted by Gasteiger charge is 1.85. The van der Waals surface area contributed by atoms with Gasteiger partial charge in [0.2, 0.25) is 0 Å². The Labute approximate surface area is 59.1 Å². The number of hydrogen-bond donors (Lipinski definition) is 0. The Hall–Kier alpha value is -0.970. The molecule has 0 rings (SSSR count). The summed E-state index contributed by atoms with van der Waals surface area (Å²) >= 11 is 0. The summed E-state index contributed by atoms with van der Waals surface area (Å²) in [5, 5.41) is 9.17. The molecule has 0 aliphatic carbocycles. The third kappa shape index (κ3) is 27.8. The molecule has 0 aromatic rings. The second kappa shape index (κ2) is 10.9. The lowest BCUT2D eigenvalue weighted by atomic mass is 10.8. The fourth-order valence-electron chi connectivity index (χ4n) is 0.0609. The van der Waals surface area contributed by atoms with Gasteiger partial charge in [0, 0.05) is 18.6 Å². The monoisotopic (exact) mass is 149 g/mol. The molecule has 0 saturated heterocycles. The van der Waals surface area contributed by atoms with Crippen LogP contribution in [0.1, 0.15) is 6.92 Å². The van der Waals surface area contributed by atoms with Gasteiger partial charge in [-0.05, 0) is 6.92 Å². The summed E-state index contributed by atoms with van der Waals surface area (Å²) in [6.45, 7) is 2.19. The van der Waals surface area contributed by atoms with E-state index in [0.717, 1.165) is 6.61 Å². The van der Waals surface area contributed by atoms with Crippen LogP contribution in [0.3, 0.4) is 0 Å². The van der Waals surface area contributed by atoms with Crippen molar-refractivity contribution in [2.24, 2.45) is 0 Å². The van der Waals surface area contributed by atoms with Gasteiger partial charge in [-0.25, -0.2) is 0 Å². The number of hydrogen-bond acceptors (Lipinski definition) is 4. The first-order valence-corrected chi connectivity index (χ1v) is 2.73. The van der Waals surface area contributed by atoms with Crippen LogP contribution in [0.2, 0.25) is 0 Å². The van der Waals surface area contributed by atoms with Crippen molar-refractivity contribution in [3.05, 3.63) is 10.1 Å². The molecule has 0 aromatic carbocycles. The van der Waals surface area contributed by atoms with Crippen molar-refractivity contribution in [2.45, 2.75) is 6.92 Å². The number of methoxy groups -OCH3 is 1. The van der Waals surface area contributed by atoms with Crippen molar-refractivity contribution in [3.8, 4) is 0 Å². The van der Waals surface area contributed by atoms with Gasteiger partial charge in [0.15, 0.2) is 6.29 Å². The van der Waals surface area contributed by atoms with Crippen molar-refractivity contribution in [1.82, 2.24) is 0 Å². The molecule has 0 amide bonds. The normalized spacial score (nSPS) is 7.40. The van der Waals surface area contributed by atoms with E-state index in [1.807, 2.05) is 6.92 Å². The highest BCUT2D eigenvalue weighted by Crippen LogP contribution is 1.56. The Bertz CT molecular complexity index is 91.6. The smallest absolute Gasteiger partial charge is 0.258 e. The predicted octanol–water partition coefficient (Wildman–Crippen LogP) is 0.115. The Morgan fingerprint density at radius 1 is 1.70 bits per heavy atom. The van der Waals surface area contributed by atoms with E-state index in [9.17, 15) is 14.9 Å². The maximum absolute atomic E-state index is 9.17. The molecule has 0 spiro atoms. The van der Waals surface area contributed by atoms with Gasteiger partial charge in [0.05, 0.1) is 0 Å². The van der Waals surface area contributed by atoms with Crippen LogP contribution in [0.4, 0.5) is 0 Å². The first-order chi connectivity index (χ1) is 4.68. The van der Waals surface area contributed by atoms with E-state index in [4.69, 9.17) is 0 Å². The summed E-state index contributed by atoms with van der Waals surface area (Å²) in [7, 11) is 1.68. The SMILES string of the molecule is CCOC.O=CC[N+](=O)[O-]. The molecule has 0 saturated carbocycles. The van der Waals surface area contributed by atoms with E-state index in [0.29, 0.717) is 0 Å². The molecular weight excluding hydrogens is 138 g/mol. The fourth-order valence-corrected chi connectivity index (χ4v) is 0.0609. The number of nitrogens with zero attached hydrogens (tertiary/aromatic N) is 1. The van der Waals surface area contributed by atoms with Gasteiger partial charge in [0.1, 0.15) is 0 Å². The van der Waals surface area contributed by atoms with Crippen molar-refractivity contribution < 1.29 is 14.5 Å². The van der Waals surface area contributed by atoms with Crippen LogP contribution in [-0.4, -0.2) is 31.5 Å². The van der Waals surface area contributed by atoms with Crippen LogP contribution in [0.5, 0.6) is 0 Å². The average molecular weight is 149 g/mol. The molecule has 0 fully saturated rings. The van der Waals surface area contributed by atoms with Gasteiger partial charge < -0.3 is 4.74 Å². The third-order valence-corrected chi connectivity index (χ3v) is 0.512. The standard InChI is InChI=1S/C3H8O.C2H3NO3/c1-3-4-2;4-2-1-3(5)6/h3H2,1-2H3;2H,1H2. The quantitative estimate of drug-likeness (QED) is 0.324. The number of aldehydes is 1. The second-order valence-corrected chi connectivity index (χ2v) is 1.26. The molecule has 0 bridgehead atoms. The zero-order valence-electron chi connectivity index (χ0n) is 6.07. The molecule has 0 heterocycles. The number of ether oxygens (including phenoxy) is 1. The molecule has 10 heavy (non-hydrogen) atoms. The Kier molecular flexibility index (Phi) is 12.9. The van der Waals surface area contributed by atoms with Crippen LogP contribution in [-0.2, 0) is 9.53 Å². The topological polar surface area (TPSA) is 69.4 Å². The molecule has 0 N–H and O–H groups in total. The maximum atomic E-state index is 9.17. The van der Waals surface area contributed by atoms with Crippen LogP contribution in [0.15, 0.2) is 0 Å². The molecule has 0 aromatic heterocycles. The summed E-state index contributed by atoms with van der Waals surface area (Å²) in [6.07, 6.45) is 0.250. The van der Waals surface area contributed by atoms with Gasteiger partial charge in [-0.1, -0.05) is 0 Å². The zero-order chi connectivity index (χ0) is 8.41. The lowest BCUT2D eigenvalue weighted by molar-refractivity contribution is -0.465. The van der Waals surface area contributed by atoms with Crippen molar-refractivity contribution in [2.75, 3.05) is 20.3 Å². The molecule has 0 atom stereocenters. The summed E-state index contributed by atoms with van der Waals surface area (Å²) in [4.78, 5) is 17.7. The number of rotatable bonds is 3. The predicted molar refractivity (Wildman–Crippen MR) is 35.5 cm³/mol. The summed E-state index contributed by atoms with van der Waals surface area (Å²) in [5.74, 6) is 0. The second-order valence-electron chi connectivity index (χ2n) is 1.26. The minimum atomic E-state index is -0.688. The highest BCUT2D eigenvalue weighted by molar-refractivity contribution is 5.50. The largest absolute Gasteiger partial charge is 0.385 e. The van der Waals surface area contributed by atoms with Gasteiger partial charge in [-0.3, -0.25) is 14.9 Å². The van der Waals surface area contributed by atoms with E-state index in [2.05, 4.69) is 4.74 Å². The van der Waals surface area contributed by atoms with Crippen molar-refractivity contribution >= 4 is 6.29 Å². The lowest BCUT2D eigenvalue weighted by Crippen LogP contribution is -1.99. The minimum absolute atomic E-state index is 0.250. The van der Waals surface area contributed by atoms with Crippen molar-refractivity contribution in [3.63, 3.8) is 0 Å². The van der Waals surface area contributed by atoms with E-state index < -0.39 is 11.5 Å². The van der Waals surface area contributed by atoms with E-state index >= 15 is 0 Å². The number of carbonyl (C=O) groups excluding carboxylic acids is 1. The zero-order valence-corrected chi connectivity index (χ0v) is 6.07. The van der Waals surface area contributed by atoms with E-state index in [1.54, 1.807) is 7.11 Å². The summed E-state index contributed by atoms with van der Waals surface area (Å²) in [5.41, 5.74) is 0. The first-order valence-electron chi connectivity index (χ1n) is 2.73. The maximum Gasteiger partial charge on any atom is 0.258 e. The molecule has 0 aliphatic rings. The van der Waals surface area contributed by atoms with E-state index in [1.165, 1.54) is 0 Å². The molecule has 60 valence electrons. The van der Waals surface area contributed by atoms with E-state index in [-0.39, 0.29) is 6.29 Å². The van der Waals surface area contributed by atoms with Gasteiger partial charge in [-0.2, -0.15) is 0 Å². The third-order valence-electron chi connectivity index (χ3n) is 0.512. The van der Waals surface area contributed by atoms with Crippen LogP contribution in [0.25, 0.3) is 0 Å². The molecule has 5 nitrogen and oxygen atoms in total. The number of nitro groups is 1. The molecule has 0 unspecified atom stereocenters. The summed E-state index contributed by atoms with van der Waals surface area (Å²) in [6, 6.07) is 0. The molecule has 0 radical (unpaired) electrons. The van der Waals surface area contributed by atoms with Crippen LogP contribution < -0.4 is 0 Å². The first kappa shape index (κ1) is 11.8. The average Bonchev–Trinajstić information content (AvgIpc) is 1.89. The fraction of sp³-hybridized carbons (Fsp3) is 0.800. The van der Waals surface area contributed by atoms with Gasteiger partial charge in [0.25, 0.3) is 6.54 Å². The highest BCUT2D eigenvalue weighted by atomic mass is 16.6. The van der Waals surface area contributed by atoms with Gasteiger partial charge in [-0.15, -0.1) is 0 Å². The molecular formula is C5H11NO4. The Morgan fingerprint density at radius 2 is 2.10 bits per heavy atom. The van der Waals surface area contributed by atoms with Crippen LogP contribution in [0, 0.1) is 10.1 Å². The van der Waals surface area contributed by atoms with Crippen molar-refractivity contribution in [1.29, 1.82) is 0 Å².